The number of benzene rings is 1. The maximum absolute atomic E-state index is 6.11. The van der Waals surface area contributed by atoms with Gasteiger partial charge in [-0.1, -0.05) is 37.3 Å². The van der Waals surface area contributed by atoms with E-state index in [0.29, 0.717) is 12.6 Å². The number of nitrogens with two attached hydrogens (primary N) is 1. The Bertz CT molecular complexity index is 369. The molecule has 0 aliphatic rings. The van der Waals surface area contributed by atoms with Gasteiger partial charge in [-0.2, -0.15) is 11.8 Å². The van der Waals surface area contributed by atoms with Crippen molar-refractivity contribution in [1.82, 2.24) is 4.90 Å². The van der Waals surface area contributed by atoms with Gasteiger partial charge < -0.3 is 5.73 Å². The Hall–Kier alpha value is -0.510. The zero-order chi connectivity index (χ0) is 15.0. The molecule has 0 radical (unpaired) electrons. The van der Waals surface area contributed by atoms with E-state index in [1.54, 1.807) is 0 Å². The molecule has 2 atom stereocenters. The molecule has 1 aromatic rings. The fraction of sp³-hybridized carbons (Fsp3) is 0.647. The Balaban J connectivity index is 2.69. The summed E-state index contributed by atoms with van der Waals surface area (Å²) in [7, 11) is 2.24. The van der Waals surface area contributed by atoms with Gasteiger partial charge in [0.05, 0.1) is 0 Å². The lowest BCUT2D eigenvalue weighted by Gasteiger charge is -2.43. The van der Waals surface area contributed by atoms with Crippen LogP contribution in [0.5, 0.6) is 0 Å². The Morgan fingerprint density at radius 1 is 1.30 bits per heavy atom. The summed E-state index contributed by atoms with van der Waals surface area (Å²) in [5.41, 5.74) is 7.59. The molecule has 2 unspecified atom stereocenters. The minimum Gasteiger partial charge on any atom is -0.329 e. The molecule has 0 aliphatic heterocycles. The van der Waals surface area contributed by atoms with Crippen LogP contribution in [0, 0.1) is 0 Å². The van der Waals surface area contributed by atoms with Crippen LogP contribution in [0.2, 0.25) is 0 Å². The van der Waals surface area contributed by atoms with Crippen molar-refractivity contribution in [3.63, 3.8) is 0 Å². The summed E-state index contributed by atoms with van der Waals surface area (Å²) in [6, 6.07) is 11.3. The quantitative estimate of drug-likeness (QED) is 0.757. The zero-order valence-electron chi connectivity index (χ0n) is 13.4. The van der Waals surface area contributed by atoms with Crippen molar-refractivity contribution in [1.29, 1.82) is 0 Å². The predicted molar refractivity (Wildman–Crippen MR) is 92.4 cm³/mol. The third-order valence-corrected chi connectivity index (χ3v) is 5.18. The molecule has 0 spiro atoms. The Morgan fingerprint density at radius 3 is 2.45 bits per heavy atom. The van der Waals surface area contributed by atoms with Crippen molar-refractivity contribution in [3.05, 3.63) is 35.9 Å². The number of hydrogen-bond acceptors (Lipinski definition) is 3. The molecule has 0 amide bonds. The van der Waals surface area contributed by atoms with Crippen LogP contribution >= 0.6 is 11.8 Å². The van der Waals surface area contributed by atoms with Crippen LogP contribution in [-0.2, 0) is 6.42 Å². The molecule has 0 saturated heterocycles. The summed E-state index contributed by atoms with van der Waals surface area (Å²) >= 11 is 1.92. The van der Waals surface area contributed by atoms with Gasteiger partial charge in [0.15, 0.2) is 0 Å². The molecule has 2 N–H and O–H groups in total. The fourth-order valence-corrected chi connectivity index (χ4v) is 3.46. The molecule has 0 fully saturated rings. The smallest absolute Gasteiger partial charge is 0.0306 e. The molecule has 20 heavy (non-hydrogen) atoms. The molecule has 1 rings (SSSR count). The highest BCUT2D eigenvalue weighted by atomic mass is 32.2. The van der Waals surface area contributed by atoms with Crippen LogP contribution in [0.25, 0.3) is 0 Å². The van der Waals surface area contributed by atoms with E-state index >= 15 is 0 Å². The maximum Gasteiger partial charge on any atom is 0.0306 e. The van der Waals surface area contributed by atoms with Crippen LogP contribution in [-0.4, -0.2) is 42.1 Å². The predicted octanol–water partition coefficient (Wildman–Crippen LogP) is 3.41. The van der Waals surface area contributed by atoms with Crippen LogP contribution < -0.4 is 5.73 Å². The lowest BCUT2D eigenvalue weighted by Crippen LogP contribution is -2.54. The number of rotatable bonds is 9. The Kier molecular flexibility index (Phi) is 7.63. The van der Waals surface area contributed by atoms with Crippen molar-refractivity contribution in [3.8, 4) is 0 Å². The van der Waals surface area contributed by atoms with Crippen LogP contribution in [0.15, 0.2) is 30.3 Å². The summed E-state index contributed by atoms with van der Waals surface area (Å²) in [6.07, 6.45) is 5.56. The molecule has 0 heterocycles. The summed E-state index contributed by atoms with van der Waals surface area (Å²) in [5.74, 6) is 1.17. The largest absolute Gasteiger partial charge is 0.329 e. The molecule has 1 aromatic carbocycles. The van der Waals surface area contributed by atoms with Gasteiger partial charge in [0.2, 0.25) is 0 Å². The molecule has 0 bridgehead atoms. The number of nitrogens with zero attached hydrogens (tertiary/aromatic N) is 1. The Labute approximate surface area is 129 Å². The third-order valence-electron chi connectivity index (χ3n) is 4.46. The van der Waals surface area contributed by atoms with E-state index in [1.165, 1.54) is 17.7 Å². The average Bonchev–Trinajstić information content (AvgIpc) is 2.50. The van der Waals surface area contributed by atoms with Gasteiger partial charge in [0, 0.05) is 23.9 Å². The zero-order valence-corrected chi connectivity index (χ0v) is 14.2. The van der Waals surface area contributed by atoms with Crippen LogP contribution in [0.4, 0.5) is 0 Å². The molecule has 0 saturated carbocycles. The van der Waals surface area contributed by atoms with Crippen LogP contribution in [0.1, 0.15) is 32.3 Å². The highest BCUT2D eigenvalue weighted by Crippen LogP contribution is 2.24. The van der Waals surface area contributed by atoms with Crippen molar-refractivity contribution < 1.29 is 0 Å². The topological polar surface area (TPSA) is 29.3 Å². The lowest BCUT2D eigenvalue weighted by molar-refractivity contribution is 0.0923. The van der Waals surface area contributed by atoms with Gasteiger partial charge in [0.25, 0.3) is 0 Å². The SMILES string of the molecule is CCC(CSC)N(C)C(C)(CN)CCc1ccccc1. The summed E-state index contributed by atoms with van der Waals surface area (Å²) in [4.78, 5) is 2.51. The molecule has 114 valence electrons. The normalized spacial score (nSPS) is 16.1. The number of likely N-dealkylation sites (N-methyl/N-ethyl adjacent to an activating group) is 1. The van der Waals surface area contributed by atoms with Crippen molar-refractivity contribution >= 4 is 11.8 Å². The van der Waals surface area contributed by atoms with E-state index in [1.807, 2.05) is 11.8 Å². The average molecular weight is 295 g/mol. The maximum atomic E-state index is 6.11. The number of thioether (sulfide) groups is 1. The first-order chi connectivity index (χ1) is 9.57. The van der Waals surface area contributed by atoms with E-state index in [9.17, 15) is 0 Å². The van der Waals surface area contributed by atoms with Crippen LogP contribution in [0.3, 0.4) is 0 Å². The molecule has 0 aliphatic carbocycles. The number of aryl methyl sites for hydroxylation is 1. The molecular formula is C17H30N2S. The van der Waals surface area contributed by atoms with Gasteiger partial charge in [-0.05, 0) is 45.1 Å². The highest BCUT2D eigenvalue weighted by molar-refractivity contribution is 7.98. The molecule has 3 heteroatoms. The standard InChI is InChI=1S/C17H30N2S/c1-5-16(13-20-4)19(3)17(2,14-18)12-11-15-9-7-6-8-10-15/h6-10,16H,5,11-14,18H2,1-4H3. The lowest BCUT2D eigenvalue weighted by atomic mass is 9.90. The second-order valence-corrected chi connectivity index (χ2v) is 6.73. The van der Waals surface area contributed by atoms with Gasteiger partial charge in [-0.15, -0.1) is 0 Å². The van der Waals surface area contributed by atoms with E-state index in [0.717, 1.165) is 12.8 Å². The second kappa shape index (κ2) is 8.71. The molecule has 2 nitrogen and oxygen atoms in total. The summed E-state index contributed by atoms with van der Waals surface area (Å²) < 4.78 is 0. The van der Waals surface area contributed by atoms with Crippen molar-refractivity contribution in [2.45, 2.75) is 44.7 Å². The monoisotopic (exact) mass is 294 g/mol. The van der Waals surface area contributed by atoms with E-state index in [2.05, 4.69) is 62.4 Å². The van der Waals surface area contributed by atoms with Crippen molar-refractivity contribution in [2.24, 2.45) is 5.73 Å². The van der Waals surface area contributed by atoms with Gasteiger partial charge >= 0.3 is 0 Å². The minimum absolute atomic E-state index is 0.0756. The van der Waals surface area contributed by atoms with Gasteiger partial charge in [-0.3, -0.25) is 4.90 Å². The summed E-state index contributed by atoms with van der Waals surface area (Å²) in [6.45, 7) is 5.28. The highest BCUT2D eigenvalue weighted by Gasteiger charge is 2.31. The number of hydrogen-bond donors (Lipinski definition) is 1. The van der Waals surface area contributed by atoms with Gasteiger partial charge in [-0.25, -0.2) is 0 Å². The first-order valence-electron chi connectivity index (χ1n) is 7.53. The minimum atomic E-state index is 0.0756. The van der Waals surface area contributed by atoms with Gasteiger partial charge in [0.1, 0.15) is 0 Å². The van der Waals surface area contributed by atoms with E-state index in [4.69, 9.17) is 5.73 Å². The van der Waals surface area contributed by atoms with E-state index in [-0.39, 0.29) is 5.54 Å². The first kappa shape index (κ1) is 17.5. The Morgan fingerprint density at radius 2 is 1.95 bits per heavy atom. The summed E-state index contributed by atoms with van der Waals surface area (Å²) in [5, 5.41) is 0. The molecule has 0 aromatic heterocycles. The second-order valence-electron chi connectivity index (χ2n) is 5.81. The third kappa shape index (κ3) is 4.80. The molecular weight excluding hydrogens is 264 g/mol. The van der Waals surface area contributed by atoms with E-state index < -0.39 is 0 Å². The van der Waals surface area contributed by atoms with Crippen molar-refractivity contribution in [2.75, 3.05) is 25.6 Å². The fourth-order valence-electron chi connectivity index (χ4n) is 2.62. The first-order valence-corrected chi connectivity index (χ1v) is 8.92.